The van der Waals surface area contributed by atoms with Gasteiger partial charge in [-0.3, -0.25) is 9.69 Å². The Balaban J connectivity index is 2.59. The van der Waals surface area contributed by atoms with Crippen molar-refractivity contribution in [2.24, 2.45) is 0 Å². The molecule has 0 atom stereocenters. The zero-order valence-electron chi connectivity index (χ0n) is 11.4. The molecule has 102 valence electrons. The number of aliphatic carboxylic acids is 1. The summed E-state index contributed by atoms with van der Waals surface area (Å²) < 4.78 is 5.18. The lowest BCUT2D eigenvalue weighted by Crippen LogP contribution is -2.26. The Bertz CT molecular complexity index is 396. The van der Waals surface area contributed by atoms with E-state index in [1.807, 2.05) is 32.6 Å². The number of hydrogen-bond acceptors (Lipinski definition) is 5. The second kappa shape index (κ2) is 5.95. The van der Waals surface area contributed by atoms with Crippen LogP contribution in [0.15, 0.2) is 4.52 Å². The smallest absolute Gasteiger partial charge is 0.304 e. The predicted molar refractivity (Wildman–Crippen MR) is 66.2 cm³/mol. The number of hydrogen-bond donors (Lipinski definition) is 1. The van der Waals surface area contributed by atoms with Gasteiger partial charge >= 0.3 is 5.97 Å². The van der Waals surface area contributed by atoms with E-state index >= 15 is 0 Å². The van der Waals surface area contributed by atoms with E-state index in [2.05, 4.69) is 10.1 Å². The maximum Gasteiger partial charge on any atom is 0.304 e. The quantitative estimate of drug-likeness (QED) is 0.832. The van der Waals surface area contributed by atoms with Crippen LogP contribution in [0.5, 0.6) is 0 Å². The molecule has 0 aliphatic carbocycles. The molecular weight excluding hydrogens is 234 g/mol. The lowest BCUT2D eigenvalue weighted by molar-refractivity contribution is -0.137. The van der Waals surface area contributed by atoms with Crippen molar-refractivity contribution in [1.82, 2.24) is 15.0 Å². The molecule has 0 amide bonds. The van der Waals surface area contributed by atoms with Crippen molar-refractivity contribution in [1.29, 1.82) is 0 Å². The number of carboxylic acid groups (broad SMARTS) is 1. The highest BCUT2D eigenvalue weighted by Gasteiger charge is 2.21. The molecule has 1 heterocycles. The molecule has 1 N–H and O–H groups in total. The molecule has 0 bridgehead atoms. The number of nitrogens with zero attached hydrogens (tertiary/aromatic N) is 3. The first-order valence-corrected chi connectivity index (χ1v) is 6.10. The van der Waals surface area contributed by atoms with Crippen molar-refractivity contribution in [2.45, 2.75) is 46.1 Å². The maximum atomic E-state index is 10.5. The van der Waals surface area contributed by atoms with Crippen LogP contribution in [-0.4, -0.2) is 39.2 Å². The van der Waals surface area contributed by atoms with Crippen LogP contribution < -0.4 is 0 Å². The van der Waals surface area contributed by atoms with E-state index < -0.39 is 5.97 Å². The average Bonchev–Trinajstić information content (AvgIpc) is 2.71. The van der Waals surface area contributed by atoms with Crippen LogP contribution in [0.4, 0.5) is 0 Å². The second-order valence-electron chi connectivity index (χ2n) is 5.27. The molecule has 0 radical (unpaired) electrons. The molecule has 6 heteroatoms. The summed E-state index contributed by atoms with van der Waals surface area (Å²) in [6.45, 7) is 9.76. The summed E-state index contributed by atoms with van der Waals surface area (Å²) in [6, 6.07) is 0. The van der Waals surface area contributed by atoms with Gasteiger partial charge in [0.15, 0.2) is 5.82 Å². The van der Waals surface area contributed by atoms with Gasteiger partial charge in [-0.05, 0) is 6.54 Å². The third-order valence-corrected chi connectivity index (χ3v) is 2.59. The van der Waals surface area contributed by atoms with Crippen LogP contribution >= 0.6 is 0 Å². The van der Waals surface area contributed by atoms with Gasteiger partial charge < -0.3 is 9.63 Å². The first-order valence-electron chi connectivity index (χ1n) is 6.10. The molecule has 1 rings (SSSR count). The van der Waals surface area contributed by atoms with E-state index in [9.17, 15) is 4.79 Å². The van der Waals surface area contributed by atoms with E-state index in [1.54, 1.807) is 0 Å². The Hall–Kier alpha value is -1.43. The van der Waals surface area contributed by atoms with E-state index in [0.717, 1.165) is 6.54 Å². The standard InChI is InChI=1S/C12H21N3O3/c1-5-15(7-6-10(16)17)8-9-13-11(14-18-9)12(2,3)4/h5-8H2,1-4H3,(H,16,17). The third kappa shape index (κ3) is 4.44. The summed E-state index contributed by atoms with van der Waals surface area (Å²) in [5.74, 6) is 0.410. The lowest BCUT2D eigenvalue weighted by atomic mass is 9.96. The first-order chi connectivity index (χ1) is 8.32. The largest absolute Gasteiger partial charge is 0.481 e. The van der Waals surface area contributed by atoms with Crippen LogP contribution in [0, 0.1) is 0 Å². The van der Waals surface area contributed by atoms with Gasteiger partial charge in [0.2, 0.25) is 5.89 Å². The van der Waals surface area contributed by atoms with Crippen molar-refractivity contribution >= 4 is 5.97 Å². The molecule has 0 unspecified atom stereocenters. The Morgan fingerprint density at radius 2 is 2.11 bits per heavy atom. The SMILES string of the molecule is CCN(CCC(=O)O)Cc1nc(C(C)(C)C)no1. The molecule has 18 heavy (non-hydrogen) atoms. The Kier molecular flexibility index (Phi) is 4.84. The van der Waals surface area contributed by atoms with Gasteiger partial charge in [-0.25, -0.2) is 0 Å². The fourth-order valence-electron chi connectivity index (χ4n) is 1.42. The summed E-state index contributed by atoms with van der Waals surface area (Å²) in [5.41, 5.74) is -0.139. The van der Waals surface area contributed by atoms with Gasteiger partial charge in [-0.2, -0.15) is 4.98 Å². The predicted octanol–water partition coefficient (Wildman–Crippen LogP) is 1.66. The lowest BCUT2D eigenvalue weighted by Gasteiger charge is -2.16. The molecule has 0 saturated heterocycles. The van der Waals surface area contributed by atoms with E-state index in [4.69, 9.17) is 9.63 Å². The van der Waals surface area contributed by atoms with Gasteiger partial charge in [0, 0.05) is 12.0 Å². The minimum absolute atomic E-state index is 0.119. The third-order valence-electron chi connectivity index (χ3n) is 2.59. The number of carboxylic acids is 1. The van der Waals surface area contributed by atoms with Crippen molar-refractivity contribution in [3.63, 3.8) is 0 Å². The molecule has 0 fully saturated rings. The van der Waals surface area contributed by atoms with Crippen LogP contribution in [-0.2, 0) is 16.8 Å². The zero-order chi connectivity index (χ0) is 13.8. The van der Waals surface area contributed by atoms with Gasteiger partial charge in [0.1, 0.15) is 0 Å². The van der Waals surface area contributed by atoms with Gasteiger partial charge in [0.25, 0.3) is 0 Å². The summed E-state index contributed by atoms with van der Waals surface area (Å²) in [7, 11) is 0. The van der Waals surface area contributed by atoms with E-state index in [1.165, 1.54) is 0 Å². The topological polar surface area (TPSA) is 79.5 Å². The maximum absolute atomic E-state index is 10.5. The zero-order valence-corrected chi connectivity index (χ0v) is 11.4. The van der Waals surface area contributed by atoms with Crippen molar-refractivity contribution in [2.75, 3.05) is 13.1 Å². The highest BCUT2D eigenvalue weighted by atomic mass is 16.5. The molecule has 0 saturated carbocycles. The minimum Gasteiger partial charge on any atom is -0.481 e. The molecule has 1 aromatic heterocycles. The summed E-state index contributed by atoms with van der Waals surface area (Å²) in [5, 5.41) is 12.6. The summed E-state index contributed by atoms with van der Waals surface area (Å²) in [4.78, 5) is 16.8. The van der Waals surface area contributed by atoms with Crippen molar-refractivity contribution in [3.8, 4) is 0 Å². The number of carbonyl (C=O) groups is 1. The highest BCUT2D eigenvalue weighted by molar-refractivity contribution is 5.66. The van der Waals surface area contributed by atoms with Gasteiger partial charge in [-0.15, -0.1) is 0 Å². The monoisotopic (exact) mass is 255 g/mol. The molecule has 0 aromatic carbocycles. The molecule has 1 aromatic rings. The average molecular weight is 255 g/mol. The first kappa shape index (κ1) is 14.6. The second-order valence-corrected chi connectivity index (χ2v) is 5.27. The fraction of sp³-hybridized carbons (Fsp3) is 0.750. The van der Waals surface area contributed by atoms with Crippen molar-refractivity contribution < 1.29 is 14.4 Å². The van der Waals surface area contributed by atoms with Crippen LogP contribution in [0.2, 0.25) is 0 Å². The van der Waals surface area contributed by atoms with Crippen LogP contribution in [0.1, 0.15) is 45.8 Å². The fourth-order valence-corrected chi connectivity index (χ4v) is 1.42. The minimum atomic E-state index is -0.797. The Morgan fingerprint density at radius 3 is 2.56 bits per heavy atom. The Morgan fingerprint density at radius 1 is 1.44 bits per heavy atom. The summed E-state index contributed by atoms with van der Waals surface area (Å²) in [6.07, 6.45) is 0.119. The molecule has 6 nitrogen and oxygen atoms in total. The number of aromatic nitrogens is 2. The molecule has 0 aliphatic heterocycles. The van der Waals surface area contributed by atoms with Crippen molar-refractivity contribution in [3.05, 3.63) is 11.7 Å². The molecule has 0 aliphatic rings. The highest BCUT2D eigenvalue weighted by Crippen LogP contribution is 2.18. The van der Waals surface area contributed by atoms with Crippen LogP contribution in [0.3, 0.4) is 0 Å². The summed E-state index contributed by atoms with van der Waals surface area (Å²) >= 11 is 0. The normalized spacial score (nSPS) is 12.1. The number of rotatable bonds is 6. The molecule has 0 spiro atoms. The van der Waals surface area contributed by atoms with Crippen LogP contribution in [0.25, 0.3) is 0 Å². The molecular formula is C12H21N3O3. The van der Waals surface area contributed by atoms with E-state index in [-0.39, 0.29) is 11.8 Å². The van der Waals surface area contributed by atoms with E-state index in [0.29, 0.717) is 24.8 Å². The van der Waals surface area contributed by atoms with Gasteiger partial charge in [0.05, 0.1) is 13.0 Å². The Labute approximate surface area is 107 Å². The van der Waals surface area contributed by atoms with Gasteiger partial charge in [-0.1, -0.05) is 32.9 Å².